The Labute approximate surface area is 140 Å². The molecule has 0 aliphatic heterocycles. The highest BCUT2D eigenvalue weighted by Crippen LogP contribution is 2.30. The lowest BCUT2D eigenvalue weighted by atomic mass is 9.77. The van der Waals surface area contributed by atoms with Crippen LogP contribution in [0.3, 0.4) is 0 Å². The zero-order chi connectivity index (χ0) is 18.3. The Morgan fingerprint density at radius 2 is 1.67 bits per heavy atom. The lowest BCUT2D eigenvalue weighted by Gasteiger charge is -2.29. The van der Waals surface area contributed by atoms with E-state index in [1.807, 2.05) is 6.07 Å². The number of nitrogens with one attached hydrogen (secondary N) is 1. The van der Waals surface area contributed by atoms with Crippen LogP contribution in [0.15, 0.2) is 30.3 Å². The molecule has 0 radical (unpaired) electrons. The van der Waals surface area contributed by atoms with Crippen molar-refractivity contribution in [3.05, 3.63) is 35.9 Å². The first-order chi connectivity index (χ1) is 11.1. The Morgan fingerprint density at radius 1 is 1.08 bits per heavy atom. The molecule has 7 nitrogen and oxygen atoms in total. The van der Waals surface area contributed by atoms with Crippen molar-refractivity contribution >= 4 is 18.0 Å². The van der Waals surface area contributed by atoms with Crippen molar-refractivity contribution in [3.8, 4) is 0 Å². The number of ether oxygens (including phenoxy) is 1. The van der Waals surface area contributed by atoms with Crippen LogP contribution in [-0.4, -0.2) is 34.3 Å². The summed E-state index contributed by atoms with van der Waals surface area (Å²) >= 11 is 0. The van der Waals surface area contributed by atoms with E-state index in [1.165, 1.54) is 0 Å². The number of hydrogen-bond acceptors (Lipinski definition) is 4. The number of amides is 1. The van der Waals surface area contributed by atoms with Gasteiger partial charge in [-0.1, -0.05) is 51.1 Å². The molecule has 0 saturated heterocycles. The SMILES string of the molecule is CC(C)(C)[C@H](C[C@H](NC(=O)OCc1ccccc1)C(=O)O)C(=O)O. The van der Waals surface area contributed by atoms with E-state index in [1.54, 1.807) is 45.0 Å². The van der Waals surface area contributed by atoms with Gasteiger partial charge in [0, 0.05) is 0 Å². The molecule has 0 heterocycles. The molecule has 1 aromatic rings. The first-order valence-electron chi connectivity index (χ1n) is 7.54. The number of benzene rings is 1. The number of alkyl carbamates (subject to hydrolysis) is 1. The van der Waals surface area contributed by atoms with E-state index in [2.05, 4.69) is 5.32 Å². The predicted molar refractivity (Wildman–Crippen MR) is 86.4 cm³/mol. The third-order valence-electron chi connectivity index (χ3n) is 3.62. The molecule has 1 aromatic carbocycles. The van der Waals surface area contributed by atoms with Gasteiger partial charge in [-0.2, -0.15) is 0 Å². The van der Waals surface area contributed by atoms with Gasteiger partial charge in [0.1, 0.15) is 12.6 Å². The maximum absolute atomic E-state index is 11.8. The topological polar surface area (TPSA) is 113 Å². The monoisotopic (exact) mass is 337 g/mol. The Bertz CT molecular complexity index is 578. The zero-order valence-electron chi connectivity index (χ0n) is 14.0. The van der Waals surface area contributed by atoms with Gasteiger partial charge < -0.3 is 20.3 Å². The van der Waals surface area contributed by atoms with Crippen molar-refractivity contribution in [3.63, 3.8) is 0 Å². The minimum atomic E-state index is -1.34. The highest BCUT2D eigenvalue weighted by atomic mass is 16.5. The summed E-state index contributed by atoms with van der Waals surface area (Å²) in [6.45, 7) is 5.12. The fourth-order valence-electron chi connectivity index (χ4n) is 2.19. The van der Waals surface area contributed by atoms with Gasteiger partial charge >= 0.3 is 18.0 Å². The van der Waals surface area contributed by atoms with Crippen molar-refractivity contribution in [2.24, 2.45) is 11.3 Å². The Kier molecular flexibility index (Phi) is 6.76. The van der Waals surface area contributed by atoms with Crippen LogP contribution in [0.4, 0.5) is 4.79 Å². The fourth-order valence-corrected chi connectivity index (χ4v) is 2.19. The second kappa shape index (κ2) is 8.33. The number of hydrogen-bond donors (Lipinski definition) is 3. The quantitative estimate of drug-likeness (QED) is 0.704. The van der Waals surface area contributed by atoms with Gasteiger partial charge in [0.15, 0.2) is 0 Å². The summed E-state index contributed by atoms with van der Waals surface area (Å²) in [7, 11) is 0. The van der Waals surface area contributed by atoms with Crippen LogP contribution in [0, 0.1) is 11.3 Å². The highest BCUT2D eigenvalue weighted by molar-refractivity contribution is 5.81. The Balaban J connectivity index is 2.66. The highest BCUT2D eigenvalue weighted by Gasteiger charge is 2.36. The lowest BCUT2D eigenvalue weighted by molar-refractivity contribution is -0.147. The van der Waals surface area contributed by atoms with E-state index in [0.29, 0.717) is 0 Å². The normalized spacial score (nSPS) is 13.6. The molecule has 0 aromatic heterocycles. The number of aliphatic carboxylic acids is 2. The average molecular weight is 337 g/mol. The van der Waals surface area contributed by atoms with Gasteiger partial charge in [0.2, 0.25) is 0 Å². The molecule has 1 amide bonds. The van der Waals surface area contributed by atoms with E-state index in [0.717, 1.165) is 5.56 Å². The summed E-state index contributed by atoms with van der Waals surface area (Å²) in [5, 5.41) is 20.7. The third kappa shape index (κ3) is 6.28. The van der Waals surface area contributed by atoms with Crippen LogP contribution in [0.25, 0.3) is 0 Å². The van der Waals surface area contributed by atoms with Crippen LogP contribution in [0.1, 0.15) is 32.8 Å². The maximum atomic E-state index is 11.8. The molecule has 0 fully saturated rings. The molecule has 7 heteroatoms. The predicted octanol–water partition coefficient (Wildman–Crippen LogP) is 2.50. The molecule has 3 N–H and O–H groups in total. The molecule has 132 valence electrons. The number of carbonyl (C=O) groups excluding carboxylic acids is 1. The molecule has 0 bridgehead atoms. The van der Waals surface area contributed by atoms with Crippen molar-refractivity contribution in [1.82, 2.24) is 5.32 Å². The minimum Gasteiger partial charge on any atom is -0.481 e. The molecule has 2 atom stereocenters. The lowest BCUT2D eigenvalue weighted by Crippen LogP contribution is -2.45. The van der Waals surface area contributed by atoms with Gasteiger partial charge in [-0.05, 0) is 17.4 Å². The number of carboxylic acid groups (broad SMARTS) is 2. The minimum absolute atomic E-state index is 0.000637. The summed E-state index contributed by atoms with van der Waals surface area (Å²) in [5.41, 5.74) is 0.118. The number of carbonyl (C=O) groups is 3. The molecule has 0 aliphatic rings. The molecular formula is C17H23NO6. The molecule has 0 unspecified atom stereocenters. The molecule has 24 heavy (non-hydrogen) atoms. The van der Waals surface area contributed by atoms with Gasteiger partial charge in [0.05, 0.1) is 5.92 Å². The molecule has 0 spiro atoms. The average Bonchev–Trinajstić information content (AvgIpc) is 2.48. The largest absolute Gasteiger partial charge is 0.481 e. The van der Waals surface area contributed by atoms with E-state index < -0.39 is 35.4 Å². The number of carboxylic acids is 2. The number of rotatable bonds is 7. The van der Waals surface area contributed by atoms with Crippen LogP contribution in [0.2, 0.25) is 0 Å². The van der Waals surface area contributed by atoms with Crippen molar-refractivity contribution in [2.75, 3.05) is 0 Å². The fraction of sp³-hybridized carbons (Fsp3) is 0.471. The van der Waals surface area contributed by atoms with Crippen LogP contribution in [-0.2, 0) is 20.9 Å². The van der Waals surface area contributed by atoms with Crippen molar-refractivity contribution in [2.45, 2.75) is 39.8 Å². The summed E-state index contributed by atoms with van der Waals surface area (Å²) < 4.78 is 4.98. The maximum Gasteiger partial charge on any atom is 0.408 e. The van der Waals surface area contributed by atoms with E-state index in [4.69, 9.17) is 4.74 Å². The summed E-state index contributed by atoms with van der Waals surface area (Å²) in [6.07, 6.45) is -1.13. The smallest absolute Gasteiger partial charge is 0.408 e. The molecular weight excluding hydrogens is 314 g/mol. The van der Waals surface area contributed by atoms with Crippen LogP contribution in [0.5, 0.6) is 0 Å². The van der Waals surface area contributed by atoms with Crippen LogP contribution >= 0.6 is 0 Å². The van der Waals surface area contributed by atoms with E-state index >= 15 is 0 Å². The first kappa shape index (κ1) is 19.5. The summed E-state index contributed by atoms with van der Waals surface area (Å²) in [6, 6.07) is 7.59. The van der Waals surface area contributed by atoms with E-state index in [-0.39, 0.29) is 13.0 Å². The van der Waals surface area contributed by atoms with Crippen molar-refractivity contribution in [1.29, 1.82) is 0 Å². The van der Waals surface area contributed by atoms with Crippen LogP contribution < -0.4 is 5.32 Å². The molecule has 0 saturated carbocycles. The van der Waals surface area contributed by atoms with Gasteiger partial charge in [-0.25, -0.2) is 9.59 Å². The molecule has 0 aliphatic carbocycles. The second-order valence-corrected chi connectivity index (χ2v) is 6.59. The summed E-state index contributed by atoms with van der Waals surface area (Å²) in [5.74, 6) is -3.33. The Hall–Kier alpha value is -2.57. The summed E-state index contributed by atoms with van der Waals surface area (Å²) in [4.78, 5) is 34.5. The third-order valence-corrected chi connectivity index (χ3v) is 3.62. The Morgan fingerprint density at radius 3 is 2.12 bits per heavy atom. The van der Waals surface area contributed by atoms with Gasteiger partial charge in [-0.3, -0.25) is 4.79 Å². The van der Waals surface area contributed by atoms with Gasteiger partial charge in [-0.15, -0.1) is 0 Å². The first-order valence-corrected chi connectivity index (χ1v) is 7.54. The zero-order valence-corrected chi connectivity index (χ0v) is 14.0. The standard InChI is InChI=1S/C17H23NO6/c1-17(2,3)12(14(19)20)9-13(15(21)22)18-16(23)24-10-11-7-5-4-6-8-11/h4-8,12-13H,9-10H2,1-3H3,(H,18,23)(H,19,20)(H,21,22)/t12-,13+/m1/s1. The van der Waals surface area contributed by atoms with Crippen molar-refractivity contribution < 1.29 is 29.3 Å². The molecule has 1 rings (SSSR count). The van der Waals surface area contributed by atoms with Gasteiger partial charge in [0.25, 0.3) is 0 Å². The van der Waals surface area contributed by atoms with E-state index in [9.17, 15) is 24.6 Å². The second-order valence-electron chi connectivity index (χ2n) is 6.59.